The number of halogens is 5. The summed E-state index contributed by atoms with van der Waals surface area (Å²) in [4.78, 5) is 1.60. The number of ether oxygens (including phenoxy) is 1. The van der Waals surface area contributed by atoms with Gasteiger partial charge in [-0.25, -0.2) is 8.78 Å². The Hall–Kier alpha value is -2.03. The molecule has 3 nitrogen and oxygen atoms in total. The lowest BCUT2D eigenvalue weighted by Crippen LogP contribution is -2.45. The first kappa shape index (κ1) is 22.7. The van der Waals surface area contributed by atoms with Gasteiger partial charge in [-0.05, 0) is 54.8 Å². The summed E-state index contributed by atoms with van der Waals surface area (Å²) < 4.78 is 71.3. The van der Waals surface area contributed by atoms with E-state index in [1.54, 1.807) is 4.90 Å². The molecule has 0 saturated carbocycles. The normalized spacial score (nSPS) is 19.2. The number of aliphatic hydroxyl groups is 1. The number of aliphatic hydroxyl groups excluding tert-OH is 1. The average molecular weight is 429 g/mol. The minimum absolute atomic E-state index is 0.0616. The van der Waals surface area contributed by atoms with Crippen molar-refractivity contribution in [2.45, 2.75) is 31.2 Å². The third kappa shape index (κ3) is 6.23. The van der Waals surface area contributed by atoms with E-state index in [2.05, 4.69) is 0 Å². The molecule has 0 radical (unpaired) electrons. The molecule has 2 aromatic carbocycles. The largest absolute Gasteiger partial charge is 0.393 e. The first-order valence-electron chi connectivity index (χ1n) is 9.82. The zero-order valence-electron chi connectivity index (χ0n) is 16.3. The van der Waals surface area contributed by atoms with Crippen LogP contribution in [0.15, 0.2) is 48.5 Å². The van der Waals surface area contributed by atoms with Gasteiger partial charge in [-0.15, -0.1) is 0 Å². The summed E-state index contributed by atoms with van der Waals surface area (Å²) >= 11 is 0. The molecule has 2 atom stereocenters. The van der Waals surface area contributed by atoms with Crippen LogP contribution in [-0.2, 0) is 4.74 Å². The molecule has 8 heteroatoms. The highest BCUT2D eigenvalue weighted by molar-refractivity contribution is 5.30. The summed E-state index contributed by atoms with van der Waals surface area (Å²) in [5.74, 6) is -2.22. The van der Waals surface area contributed by atoms with Crippen LogP contribution in [0.3, 0.4) is 0 Å². The molecule has 2 aromatic rings. The summed E-state index contributed by atoms with van der Waals surface area (Å²) in [6.07, 6.45) is -5.39. The van der Waals surface area contributed by atoms with Gasteiger partial charge in [0.05, 0.1) is 18.6 Å². The van der Waals surface area contributed by atoms with Gasteiger partial charge in [-0.1, -0.05) is 24.3 Å². The molecule has 30 heavy (non-hydrogen) atoms. The van der Waals surface area contributed by atoms with Crippen molar-refractivity contribution in [3.8, 4) is 0 Å². The van der Waals surface area contributed by atoms with Crippen LogP contribution in [-0.4, -0.2) is 48.5 Å². The van der Waals surface area contributed by atoms with Crippen molar-refractivity contribution < 1.29 is 31.8 Å². The highest BCUT2D eigenvalue weighted by Gasteiger charge is 2.41. The Labute approximate surface area is 172 Å². The molecule has 1 saturated heterocycles. The second-order valence-corrected chi connectivity index (χ2v) is 7.61. The van der Waals surface area contributed by atoms with E-state index in [1.807, 2.05) is 0 Å². The van der Waals surface area contributed by atoms with E-state index in [4.69, 9.17) is 4.74 Å². The number of hydrogen-bond donors (Lipinski definition) is 1. The van der Waals surface area contributed by atoms with E-state index >= 15 is 0 Å². The fourth-order valence-corrected chi connectivity index (χ4v) is 3.71. The van der Waals surface area contributed by atoms with Gasteiger partial charge in [0.15, 0.2) is 0 Å². The van der Waals surface area contributed by atoms with Gasteiger partial charge in [-0.2, -0.15) is 13.2 Å². The molecule has 1 heterocycles. The van der Waals surface area contributed by atoms with Crippen LogP contribution in [0, 0.1) is 17.6 Å². The molecule has 0 aliphatic carbocycles. The number of likely N-dealkylation sites (tertiary alicyclic amines) is 1. The zero-order valence-corrected chi connectivity index (χ0v) is 16.3. The first-order chi connectivity index (χ1) is 14.2. The lowest BCUT2D eigenvalue weighted by molar-refractivity contribution is -0.188. The SMILES string of the molecule is O[C@@H](COC(c1ccc(F)cc1)c1ccc(F)cc1)CN1CCC[C@@H](C(F)(F)F)C1. The molecule has 3 rings (SSSR count). The summed E-state index contributed by atoms with van der Waals surface area (Å²) in [5, 5.41) is 10.4. The van der Waals surface area contributed by atoms with Crippen LogP contribution in [0.2, 0.25) is 0 Å². The number of benzene rings is 2. The molecule has 0 amide bonds. The van der Waals surface area contributed by atoms with Gasteiger partial charge in [0, 0.05) is 13.1 Å². The second kappa shape index (κ2) is 9.85. The van der Waals surface area contributed by atoms with Crippen LogP contribution >= 0.6 is 0 Å². The molecule has 1 aliphatic rings. The Morgan fingerprint density at radius 2 is 1.50 bits per heavy atom. The van der Waals surface area contributed by atoms with Crippen molar-refractivity contribution in [1.82, 2.24) is 4.90 Å². The van der Waals surface area contributed by atoms with E-state index in [1.165, 1.54) is 48.5 Å². The van der Waals surface area contributed by atoms with Crippen LogP contribution < -0.4 is 0 Å². The van der Waals surface area contributed by atoms with Crippen molar-refractivity contribution in [2.24, 2.45) is 5.92 Å². The minimum Gasteiger partial charge on any atom is -0.389 e. The van der Waals surface area contributed by atoms with Gasteiger partial charge >= 0.3 is 6.18 Å². The number of piperidine rings is 1. The van der Waals surface area contributed by atoms with Gasteiger partial charge in [0.2, 0.25) is 0 Å². The topological polar surface area (TPSA) is 32.7 Å². The molecule has 0 spiro atoms. The monoisotopic (exact) mass is 429 g/mol. The smallest absolute Gasteiger partial charge is 0.389 e. The van der Waals surface area contributed by atoms with Crippen LogP contribution in [0.25, 0.3) is 0 Å². The van der Waals surface area contributed by atoms with E-state index < -0.39 is 35.9 Å². The van der Waals surface area contributed by atoms with Gasteiger partial charge < -0.3 is 14.7 Å². The van der Waals surface area contributed by atoms with Crippen molar-refractivity contribution in [3.05, 3.63) is 71.3 Å². The third-order valence-electron chi connectivity index (χ3n) is 5.24. The lowest BCUT2D eigenvalue weighted by Gasteiger charge is -2.34. The number of rotatable bonds is 7. The molecule has 1 N–H and O–H groups in total. The average Bonchev–Trinajstić information content (AvgIpc) is 2.70. The summed E-state index contributed by atoms with van der Waals surface area (Å²) in [7, 11) is 0. The van der Waals surface area contributed by atoms with Crippen molar-refractivity contribution in [1.29, 1.82) is 0 Å². The maximum absolute atomic E-state index is 13.3. The Morgan fingerprint density at radius 3 is 2.00 bits per heavy atom. The van der Waals surface area contributed by atoms with E-state index in [0.717, 1.165) is 0 Å². The number of nitrogens with zero attached hydrogens (tertiary/aromatic N) is 1. The Kier molecular flexibility index (Phi) is 7.44. The zero-order chi connectivity index (χ0) is 21.7. The lowest BCUT2D eigenvalue weighted by atomic mass is 9.97. The highest BCUT2D eigenvalue weighted by Crippen LogP contribution is 2.33. The molecule has 0 unspecified atom stereocenters. The van der Waals surface area contributed by atoms with Gasteiger partial charge in [-0.3, -0.25) is 0 Å². The molecule has 0 bridgehead atoms. The maximum Gasteiger partial charge on any atom is 0.393 e. The van der Waals surface area contributed by atoms with Crippen LogP contribution in [0.1, 0.15) is 30.1 Å². The first-order valence-corrected chi connectivity index (χ1v) is 9.82. The van der Waals surface area contributed by atoms with Crippen molar-refractivity contribution in [3.63, 3.8) is 0 Å². The maximum atomic E-state index is 13.3. The summed E-state index contributed by atoms with van der Waals surface area (Å²) in [5.41, 5.74) is 1.23. The van der Waals surface area contributed by atoms with Crippen molar-refractivity contribution >= 4 is 0 Å². The van der Waals surface area contributed by atoms with Gasteiger partial charge in [0.1, 0.15) is 17.7 Å². The molecular formula is C22H24F5NO2. The van der Waals surface area contributed by atoms with Crippen molar-refractivity contribution in [2.75, 3.05) is 26.2 Å². The number of β-amino-alcohol motifs (C(OH)–C–C–N with tert-alkyl or cyclic N) is 1. The van der Waals surface area contributed by atoms with E-state index in [-0.39, 0.29) is 26.1 Å². The second-order valence-electron chi connectivity index (χ2n) is 7.61. The Bertz CT molecular complexity index is 749. The summed E-state index contributed by atoms with van der Waals surface area (Å²) in [6, 6.07) is 11.2. The Morgan fingerprint density at radius 1 is 0.967 bits per heavy atom. The quantitative estimate of drug-likeness (QED) is 0.648. The molecular weight excluding hydrogens is 405 g/mol. The molecule has 1 fully saturated rings. The third-order valence-corrected chi connectivity index (χ3v) is 5.24. The predicted molar refractivity (Wildman–Crippen MR) is 102 cm³/mol. The molecule has 1 aliphatic heterocycles. The van der Waals surface area contributed by atoms with Gasteiger partial charge in [0.25, 0.3) is 0 Å². The van der Waals surface area contributed by atoms with Crippen LogP contribution in [0.4, 0.5) is 22.0 Å². The fraction of sp³-hybridized carbons (Fsp3) is 0.455. The Balaban J connectivity index is 1.63. The fourth-order valence-electron chi connectivity index (χ4n) is 3.71. The minimum atomic E-state index is -4.24. The molecule has 0 aromatic heterocycles. The number of hydrogen-bond acceptors (Lipinski definition) is 3. The van der Waals surface area contributed by atoms with E-state index in [0.29, 0.717) is 24.1 Å². The standard InChI is InChI=1S/C22H24F5NO2/c23-18-7-3-15(4-8-18)21(16-5-9-19(24)10-6-16)30-14-20(29)13-28-11-1-2-17(12-28)22(25,26)27/h3-10,17,20-21,29H,1-2,11-14H2/t17-,20-/m1/s1. The highest BCUT2D eigenvalue weighted by atomic mass is 19.4. The van der Waals surface area contributed by atoms with Crippen LogP contribution in [0.5, 0.6) is 0 Å². The van der Waals surface area contributed by atoms with E-state index in [9.17, 15) is 27.1 Å². The molecule has 164 valence electrons. The summed E-state index contributed by atoms with van der Waals surface area (Å²) in [6.45, 7) is 0.279. The number of alkyl halides is 3. The predicted octanol–water partition coefficient (Wildman–Crippen LogP) is 4.71.